The maximum absolute atomic E-state index is 12.3. The quantitative estimate of drug-likeness (QED) is 0.775. The Labute approximate surface area is 152 Å². The van der Waals surface area contributed by atoms with E-state index in [-0.39, 0.29) is 23.3 Å². The van der Waals surface area contributed by atoms with Crippen molar-refractivity contribution < 1.29 is 27.8 Å². The van der Waals surface area contributed by atoms with Crippen LogP contribution in [0.1, 0.15) is 50.4 Å². The second-order valence-corrected chi connectivity index (χ2v) is 6.83. The van der Waals surface area contributed by atoms with Crippen molar-refractivity contribution >= 4 is 11.9 Å². The fourth-order valence-electron chi connectivity index (χ4n) is 3.14. The van der Waals surface area contributed by atoms with Gasteiger partial charge in [-0.3, -0.25) is 4.79 Å². The lowest BCUT2D eigenvalue weighted by molar-refractivity contribution is -0.130. The molecule has 0 aromatic heterocycles. The fraction of sp³-hybridized carbons (Fsp3) is 0.579. The molecule has 1 aliphatic carbocycles. The number of halogens is 2. The van der Waals surface area contributed by atoms with E-state index in [1.54, 1.807) is 0 Å². The molecule has 0 unspecified atom stereocenters. The third-order valence-electron chi connectivity index (χ3n) is 5.00. The van der Waals surface area contributed by atoms with Gasteiger partial charge in [-0.05, 0) is 49.4 Å². The molecule has 1 aliphatic rings. The third-order valence-corrected chi connectivity index (χ3v) is 5.00. The molecule has 5 nitrogen and oxygen atoms in total. The molecule has 1 amide bonds. The molecule has 1 saturated carbocycles. The summed E-state index contributed by atoms with van der Waals surface area (Å²) >= 11 is 0. The van der Waals surface area contributed by atoms with Crippen LogP contribution in [0.2, 0.25) is 0 Å². The van der Waals surface area contributed by atoms with Gasteiger partial charge in [0.2, 0.25) is 0 Å². The van der Waals surface area contributed by atoms with Crippen LogP contribution in [-0.2, 0) is 9.53 Å². The molecule has 26 heavy (non-hydrogen) atoms. The van der Waals surface area contributed by atoms with Crippen LogP contribution >= 0.6 is 0 Å². The lowest BCUT2D eigenvalue weighted by Crippen LogP contribution is -2.47. The van der Waals surface area contributed by atoms with E-state index in [9.17, 15) is 18.4 Å². The number of benzene rings is 1. The summed E-state index contributed by atoms with van der Waals surface area (Å²) in [5, 5.41) is 2.97. The van der Waals surface area contributed by atoms with Crippen molar-refractivity contribution in [2.24, 2.45) is 11.8 Å². The zero-order valence-electron chi connectivity index (χ0n) is 15.2. The highest BCUT2D eigenvalue weighted by Gasteiger charge is 2.30. The van der Waals surface area contributed by atoms with Crippen LogP contribution in [-0.4, -0.2) is 30.6 Å². The number of amides is 1. The molecule has 1 fully saturated rings. The third kappa shape index (κ3) is 5.41. The van der Waals surface area contributed by atoms with E-state index in [1.165, 1.54) is 31.2 Å². The summed E-state index contributed by atoms with van der Waals surface area (Å²) in [5.41, 5.74) is 0.158. The Hall–Kier alpha value is -2.18. The van der Waals surface area contributed by atoms with Crippen molar-refractivity contribution in [3.8, 4) is 5.75 Å². The van der Waals surface area contributed by atoms with Crippen LogP contribution in [0, 0.1) is 11.8 Å². The van der Waals surface area contributed by atoms with Crippen molar-refractivity contribution in [2.75, 3.05) is 0 Å². The van der Waals surface area contributed by atoms with Crippen LogP contribution in [0.3, 0.4) is 0 Å². The lowest BCUT2D eigenvalue weighted by atomic mass is 9.78. The zero-order valence-corrected chi connectivity index (χ0v) is 15.2. The molecular formula is C19H25F2NO4. The van der Waals surface area contributed by atoms with Crippen molar-refractivity contribution in [3.63, 3.8) is 0 Å². The number of alkyl halides is 2. The molecule has 7 heteroatoms. The minimum absolute atomic E-state index is 0.0530. The molecule has 0 saturated heterocycles. The van der Waals surface area contributed by atoms with Crippen LogP contribution in [0.5, 0.6) is 5.75 Å². The minimum atomic E-state index is -2.93. The minimum Gasteiger partial charge on any atom is -0.449 e. The van der Waals surface area contributed by atoms with Gasteiger partial charge in [0, 0.05) is 6.04 Å². The Balaban J connectivity index is 1.88. The van der Waals surface area contributed by atoms with Gasteiger partial charge in [-0.15, -0.1) is 0 Å². The first-order chi connectivity index (χ1) is 12.3. The molecule has 1 N–H and O–H groups in total. The summed E-state index contributed by atoms with van der Waals surface area (Å²) in [5.74, 6) is -0.162. The average molecular weight is 369 g/mol. The van der Waals surface area contributed by atoms with Gasteiger partial charge in [0.15, 0.2) is 6.10 Å². The summed E-state index contributed by atoms with van der Waals surface area (Å²) in [4.78, 5) is 24.4. The summed E-state index contributed by atoms with van der Waals surface area (Å²) in [7, 11) is 0. The predicted octanol–water partition coefficient (Wildman–Crippen LogP) is 3.77. The van der Waals surface area contributed by atoms with Gasteiger partial charge in [0.25, 0.3) is 5.91 Å². The highest BCUT2D eigenvalue weighted by molar-refractivity contribution is 5.92. The summed E-state index contributed by atoms with van der Waals surface area (Å²) in [6.07, 6.45) is 2.20. The number of nitrogens with one attached hydrogen (secondary N) is 1. The number of hydrogen-bond acceptors (Lipinski definition) is 4. The highest BCUT2D eigenvalue weighted by Crippen LogP contribution is 2.29. The van der Waals surface area contributed by atoms with Gasteiger partial charge < -0.3 is 14.8 Å². The van der Waals surface area contributed by atoms with Crippen molar-refractivity contribution in [1.82, 2.24) is 5.32 Å². The number of ether oxygens (including phenoxy) is 2. The Morgan fingerprint density at radius 3 is 2.42 bits per heavy atom. The molecule has 0 bridgehead atoms. The smallest absolute Gasteiger partial charge is 0.387 e. The van der Waals surface area contributed by atoms with Crippen LogP contribution in [0.25, 0.3) is 0 Å². The Bertz CT molecular complexity index is 620. The first-order valence-corrected chi connectivity index (χ1v) is 8.84. The predicted molar refractivity (Wildman–Crippen MR) is 92.1 cm³/mol. The molecule has 0 heterocycles. The van der Waals surface area contributed by atoms with Crippen molar-refractivity contribution in [1.29, 1.82) is 0 Å². The molecule has 0 radical (unpaired) electrons. The van der Waals surface area contributed by atoms with E-state index in [0.717, 1.165) is 19.3 Å². The fourth-order valence-corrected chi connectivity index (χ4v) is 3.14. The van der Waals surface area contributed by atoms with Crippen LogP contribution in [0.15, 0.2) is 24.3 Å². The molecule has 0 aliphatic heterocycles. The van der Waals surface area contributed by atoms with E-state index in [2.05, 4.69) is 23.9 Å². The molecule has 4 atom stereocenters. The number of carbonyl (C=O) groups is 2. The second kappa shape index (κ2) is 8.96. The number of hydrogen-bond donors (Lipinski definition) is 1. The van der Waals surface area contributed by atoms with Crippen LogP contribution < -0.4 is 10.1 Å². The summed E-state index contributed by atoms with van der Waals surface area (Å²) in [6.45, 7) is 2.88. The van der Waals surface area contributed by atoms with E-state index in [0.29, 0.717) is 11.8 Å². The summed E-state index contributed by atoms with van der Waals surface area (Å²) < 4.78 is 33.7. The van der Waals surface area contributed by atoms with Crippen molar-refractivity contribution in [2.45, 2.75) is 58.8 Å². The monoisotopic (exact) mass is 369 g/mol. The average Bonchev–Trinajstić information content (AvgIpc) is 2.59. The normalized spacial score (nSPS) is 24.0. The first-order valence-electron chi connectivity index (χ1n) is 8.84. The molecule has 0 spiro atoms. The maximum atomic E-state index is 12.3. The van der Waals surface area contributed by atoms with E-state index in [4.69, 9.17) is 4.74 Å². The SMILES string of the molecule is C[C@@H]1[C@@H](C)CCC[C@H]1NC(=O)[C@@H](C)OC(=O)c1ccc(OC(F)F)cc1. The van der Waals surface area contributed by atoms with E-state index < -0.39 is 18.7 Å². The van der Waals surface area contributed by atoms with Gasteiger partial charge in [-0.25, -0.2) is 4.79 Å². The van der Waals surface area contributed by atoms with E-state index >= 15 is 0 Å². The molecule has 1 aromatic carbocycles. The standard InChI is InChI=1S/C19H25F2NO4/c1-11-5-4-6-16(12(11)2)22-17(23)13(3)25-18(24)14-7-9-15(10-8-14)26-19(20)21/h7-13,16,19H,4-6H2,1-3H3,(H,22,23)/t11-,12+,13+,16+/m0/s1. The Morgan fingerprint density at radius 1 is 1.15 bits per heavy atom. The number of esters is 1. The molecule has 144 valence electrons. The van der Waals surface area contributed by atoms with E-state index in [1.807, 2.05) is 0 Å². The Kier molecular flexibility index (Phi) is 6.94. The van der Waals surface area contributed by atoms with Crippen LogP contribution in [0.4, 0.5) is 8.78 Å². The number of carbonyl (C=O) groups excluding carboxylic acids is 2. The largest absolute Gasteiger partial charge is 0.449 e. The lowest BCUT2D eigenvalue weighted by Gasteiger charge is -2.35. The van der Waals surface area contributed by atoms with Gasteiger partial charge in [-0.1, -0.05) is 26.7 Å². The van der Waals surface area contributed by atoms with Gasteiger partial charge in [-0.2, -0.15) is 8.78 Å². The van der Waals surface area contributed by atoms with Gasteiger partial charge in [0.05, 0.1) is 5.56 Å². The second-order valence-electron chi connectivity index (χ2n) is 6.83. The topological polar surface area (TPSA) is 64.6 Å². The summed E-state index contributed by atoms with van der Waals surface area (Å²) in [6, 6.07) is 5.21. The van der Waals surface area contributed by atoms with Crippen molar-refractivity contribution in [3.05, 3.63) is 29.8 Å². The first kappa shape index (κ1) is 20.1. The molecule has 1 aromatic rings. The molecule has 2 rings (SSSR count). The maximum Gasteiger partial charge on any atom is 0.387 e. The molecular weight excluding hydrogens is 344 g/mol. The highest BCUT2D eigenvalue weighted by atomic mass is 19.3. The number of rotatable bonds is 6. The van der Waals surface area contributed by atoms with Gasteiger partial charge in [0.1, 0.15) is 5.75 Å². The Morgan fingerprint density at radius 2 is 1.81 bits per heavy atom. The zero-order chi connectivity index (χ0) is 19.3. The van der Waals surface area contributed by atoms with Gasteiger partial charge >= 0.3 is 12.6 Å².